The van der Waals surface area contributed by atoms with Crippen molar-refractivity contribution >= 4 is 66.7 Å². The summed E-state index contributed by atoms with van der Waals surface area (Å²) in [4.78, 5) is 0. The number of hydrogen-bond acceptors (Lipinski definition) is 0. The van der Waals surface area contributed by atoms with Crippen LogP contribution in [0.25, 0.3) is 99.4 Å². The Labute approximate surface area is 394 Å². The molecule has 11 aromatic carbocycles. The van der Waals surface area contributed by atoms with Crippen molar-refractivity contribution in [3.8, 4) is 77.9 Å². The normalized spacial score (nSPS) is 13.8. The third kappa shape index (κ3) is 5.15. The standard InChI is InChI=1S/C63H42Ge2/c64-57-34-11-6-21-44(57)39-18-2-1-17-38(39)40-24-13-26-46-51(40)37-52-41(45-28-16-36-59-62(45)49-23-7-12-35-58(49)65-59)25-14-27-47(52)60(46)50-29-15-33-56-61(50)48-22-5-10-32-55(48)63(56)53-30-8-3-19-42(53)43-20-4-9-31-54(43)63/h1-37H,65H2,64H3. The van der Waals surface area contributed by atoms with E-state index in [4.69, 9.17) is 0 Å². The van der Waals surface area contributed by atoms with Gasteiger partial charge in [-0.15, -0.1) is 0 Å². The first-order valence-corrected chi connectivity index (χ1v) is 28.0. The Balaban J connectivity index is 1.13. The van der Waals surface area contributed by atoms with Crippen LogP contribution >= 0.6 is 0 Å². The molecular weight excluding hydrogens is 902 g/mol. The van der Waals surface area contributed by atoms with E-state index in [2.05, 4.69) is 224 Å². The van der Waals surface area contributed by atoms with Crippen molar-refractivity contribution in [1.82, 2.24) is 0 Å². The third-order valence-electron chi connectivity index (χ3n) is 15.1. The van der Waals surface area contributed by atoms with Crippen LogP contribution in [0.1, 0.15) is 22.3 Å². The first-order valence-electron chi connectivity index (χ1n) is 23.0. The molecule has 2 heteroatoms. The van der Waals surface area contributed by atoms with Gasteiger partial charge in [-0.2, -0.15) is 0 Å². The van der Waals surface area contributed by atoms with Gasteiger partial charge in [0.25, 0.3) is 0 Å². The van der Waals surface area contributed by atoms with Crippen molar-refractivity contribution in [2.45, 2.75) is 5.41 Å². The van der Waals surface area contributed by atoms with Crippen LogP contribution in [0.4, 0.5) is 0 Å². The maximum absolute atomic E-state index is 2.55. The molecule has 0 aromatic heterocycles. The van der Waals surface area contributed by atoms with Crippen LogP contribution < -0.4 is 13.2 Å². The van der Waals surface area contributed by atoms with E-state index in [1.165, 1.54) is 126 Å². The molecule has 0 radical (unpaired) electrons. The van der Waals surface area contributed by atoms with Crippen molar-refractivity contribution in [2.24, 2.45) is 0 Å². The van der Waals surface area contributed by atoms with Gasteiger partial charge in [0.15, 0.2) is 0 Å². The van der Waals surface area contributed by atoms with Gasteiger partial charge in [0.1, 0.15) is 0 Å². The van der Waals surface area contributed by atoms with Gasteiger partial charge in [0, 0.05) is 0 Å². The minimum absolute atomic E-state index is 0.425. The number of hydrogen-bond donors (Lipinski definition) is 0. The van der Waals surface area contributed by atoms with Crippen LogP contribution in [0.3, 0.4) is 0 Å². The Bertz CT molecular complexity index is 3790. The van der Waals surface area contributed by atoms with Crippen molar-refractivity contribution in [1.29, 1.82) is 0 Å². The fraction of sp³-hybridized carbons (Fsp3) is 0.0159. The number of benzene rings is 11. The Hall–Kier alpha value is -6.97. The minimum atomic E-state index is -1.12. The molecule has 0 amide bonds. The van der Waals surface area contributed by atoms with E-state index in [9.17, 15) is 0 Å². The van der Waals surface area contributed by atoms with Crippen LogP contribution in [0, 0.1) is 0 Å². The van der Waals surface area contributed by atoms with Gasteiger partial charge in [-0.3, -0.25) is 0 Å². The van der Waals surface area contributed by atoms with E-state index in [-0.39, 0.29) is 0 Å². The molecule has 0 N–H and O–H groups in total. The Morgan fingerprint density at radius 3 is 1.37 bits per heavy atom. The van der Waals surface area contributed by atoms with Gasteiger partial charge in [-0.1, -0.05) is 54.6 Å². The predicted octanol–water partition coefficient (Wildman–Crippen LogP) is 12.1. The Morgan fingerprint density at radius 1 is 0.262 bits per heavy atom. The van der Waals surface area contributed by atoms with Gasteiger partial charge in [-0.05, 0) is 11.1 Å². The fourth-order valence-corrected chi connectivity index (χ4v) is 18.0. The van der Waals surface area contributed by atoms with Gasteiger partial charge < -0.3 is 0 Å². The first kappa shape index (κ1) is 37.4. The second-order valence-electron chi connectivity index (χ2n) is 18.2. The molecule has 11 aromatic rings. The molecule has 65 heavy (non-hydrogen) atoms. The summed E-state index contributed by atoms with van der Waals surface area (Å²) in [5.74, 6) is 0. The molecule has 2 aliphatic carbocycles. The first-order chi connectivity index (χ1) is 32.2. The molecule has 0 bridgehead atoms. The Morgan fingerprint density at radius 2 is 0.692 bits per heavy atom. The van der Waals surface area contributed by atoms with Crippen molar-refractivity contribution in [2.75, 3.05) is 0 Å². The zero-order valence-electron chi connectivity index (χ0n) is 36.1. The summed E-state index contributed by atoms with van der Waals surface area (Å²) in [5, 5.41) is 5.15. The summed E-state index contributed by atoms with van der Waals surface area (Å²) in [5.41, 5.74) is 23.7. The van der Waals surface area contributed by atoms with E-state index in [0.29, 0.717) is 16.5 Å². The maximum atomic E-state index is 2.55. The summed E-state index contributed by atoms with van der Waals surface area (Å²) < 4.78 is 4.65. The molecular formula is C63H42Ge2. The summed E-state index contributed by atoms with van der Waals surface area (Å²) >= 11 is -0.582. The average molecular weight is 944 g/mol. The van der Waals surface area contributed by atoms with E-state index in [1.54, 1.807) is 8.79 Å². The molecule has 0 nitrogen and oxygen atoms in total. The molecule has 14 rings (SSSR count). The van der Waals surface area contributed by atoms with Crippen LogP contribution in [0.2, 0.25) is 0 Å². The van der Waals surface area contributed by atoms with E-state index < -0.39 is 20.8 Å². The van der Waals surface area contributed by atoms with Crippen LogP contribution in [0.15, 0.2) is 224 Å². The van der Waals surface area contributed by atoms with Gasteiger partial charge in [-0.25, -0.2) is 0 Å². The molecule has 302 valence electrons. The van der Waals surface area contributed by atoms with E-state index >= 15 is 0 Å². The van der Waals surface area contributed by atoms with Crippen molar-refractivity contribution < 1.29 is 0 Å². The zero-order chi connectivity index (χ0) is 42.8. The quantitative estimate of drug-likeness (QED) is 0.122. The molecule has 0 saturated carbocycles. The summed E-state index contributed by atoms with van der Waals surface area (Å²) in [6, 6.07) is 86.0. The molecule has 0 unspecified atom stereocenters. The van der Waals surface area contributed by atoms with Crippen LogP contribution in [-0.4, -0.2) is 31.9 Å². The molecule has 0 fully saturated rings. The van der Waals surface area contributed by atoms with E-state index in [1.807, 2.05) is 0 Å². The second-order valence-corrected chi connectivity index (χ2v) is 24.4. The molecule has 1 aliphatic heterocycles. The SMILES string of the molecule is [GeH3][c]1ccccc1-c1ccccc1-c1cccc2c(-c3cccc4c3-c3ccccc3C43c4ccccc4-c4ccccc43)c3cccc(-c4ccc[c]5c4-c4cccc[c]4[GeH2]5)c3cc12. The second kappa shape index (κ2) is 14.3. The molecule has 1 heterocycles. The van der Waals surface area contributed by atoms with Crippen molar-refractivity contribution in [3.05, 3.63) is 247 Å². The Kier molecular flexibility index (Phi) is 8.21. The number of fused-ring (bicyclic) bond motifs is 15. The van der Waals surface area contributed by atoms with Gasteiger partial charge in [0.2, 0.25) is 0 Å². The topological polar surface area (TPSA) is 0 Å². The molecule has 3 aliphatic rings. The van der Waals surface area contributed by atoms with Gasteiger partial charge >= 0.3 is 331 Å². The van der Waals surface area contributed by atoms with Crippen molar-refractivity contribution in [3.63, 3.8) is 0 Å². The van der Waals surface area contributed by atoms with Crippen LogP contribution in [0.5, 0.6) is 0 Å². The summed E-state index contributed by atoms with van der Waals surface area (Å²) in [7, 11) is 0. The fourth-order valence-electron chi connectivity index (χ4n) is 12.5. The average Bonchev–Trinajstić information content (AvgIpc) is 4.00. The van der Waals surface area contributed by atoms with Crippen LogP contribution in [-0.2, 0) is 5.41 Å². The van der Waals surface area contributed by atoms with Gasteiger partial charge in [0.05, 0.1) is 0 Å². The summed E-state index contributed by atoms with van der Waals surface area (Å²) in [6.07, 6.45) is 0. The predicted molar refractivity (Wildman–Crippen MR) is 282 cm³/mol. The zero-order valence-corrected chi connectivity index (χ0v) is 43.2. The third-order valence-corrected chi connectivity index (χ3v) is 21.0. The monoisotopic (exact) mass is 946 g/mol. The molecule has 0 atom stereocenters. The molecule has 0 saturated heterocycles. The number of rotatable bonds is 4. The van der Waals surface area contributed by atoms with E-state index in [0.717, 1.165) is 0 Å². The summed E-state index contributed by atoms with van der Waals surface area (Å²) in [6.45, 7) is 0. The molecule has 1 spiro atoms.